The number of amides is 1. The van der Waals surface area contributed by atoms with Crippen LogP contribution in [0.15, 0.2) is 18.2 Å². The molecule has 1 aromatic rings. The van der Waals surface area contributed by atoms with E-state index in [9.17, 15) is 4.79 Å². The van der Waals surface area contributed by atoms with E-state index in [1.165, 1.54) is 5.56 Å². The summed E-state index contributed by atoms with van der Waals surface area (Å²) in [5.41, 5.74) is 2.32. The highest BCUT2D eigenvalue weighted by Crippen LogP contribution is 2.18. The van der Waals surface area contributed by atoms with Gasteiger partial charge in [0.2, 0.25) is 5.91 Å². The van der Waals surface area contributed by atoms with E-state index in [2.05, 4.69) is 11.4 Å². The Morgan fingerprint density at radius 3 is 3.00 bits per heavy atom. The van der Waals surface area contributed by atoms with Crippen LogP contribution < -0.4 is 10.1 Å². The quantitative estimate of drug-likeness (QED) is 0.882. The van der Waals surface area contributed by atoms with Crippen LogP contribution >= 0.6 is 0 Å². The van der Waals surface area contributed by atoms with Gasteiger partial charge in [-0.15, -0.1) is 0 Å². The van der Waals surface area contributed by atoms with Gasteiger partial charge in [0.05, 0.1) is 7.11 Å². The summed E-state index contributed by atoms with van der Waals surface area (Å²) in [5, 5.41) is 2.93. The topological polar surface area (TPSA) is 47.6 Å². The molecule has 0 aromatic heterocycles. The minimum atomic E-state index is -0.238. The molecule has 1 heterocycles. The highest BCUT2D eigenvalue weighted by molar-refractivity contribution is 5.80. The summed E-state index contributed by atoms with van der Waals surface area (Å²) in [6, 6.07) is 6.09. The van der Waals surface area contributed by atoms with Crippen molar-refractivity contribution < 1.29 is 14.3 Å². The van der Waals surface area contributed by atoms with Crippen molar-refractivity contribution in [3.8, 4) is 5.75 Å². The number of carbonyl (C=O) groups excluding carboxylic acids is 1. The van der Waals surface area contributed by atoms with Gasteiger partial charge in [0.25, 0.3) is 0 Å². The molecular formula is C15H21NO3. The fourth-order valence-corrected chi connectivity index (χ4v) is 2.32. The van der Waals surface area contributed by atoms with E-state index in [4.69, 9.17) is 9.47 Å². The van der Waals surface area contributed by atoms with E-state index in [0.29, 0.717) is 13.2 Å². The molecule has 0 radical (unpaired) electrons. The molecule has 1 aliphatic rings. The molecule has 0 spiro atoms. The predicted octanol–water partition coefficient (Wildman–Crippen LogP) is 1.84. The SMILES string of the molecule is COc1ccc(CCNC(=O)C2CCCO2)cc1C. The zero-order valence-electron chi connectivity index (χ0n) is 11.6. The van der Waals surface area contributed by atoms with Crippen LogP contribution in [-0.2, 0) is 16.0 Å². The molecule has 1 aliphatic heterocycles. The van der Waals surface area contributed by atoms with E-state index < -0.39 is 0 Å². The number of ether oxygens (including phenoxy) is 2. The van der Waals surface area contributed by atoms with Gasteiger partial charge in [-0.1, -0.05) is 12.1 Å². The molecule has 0 saturated carbocycles. The van der Waals surface area contributed by atoms with Gasteiger partial charge in [0.1, 0.15) is 11.9 Å². The summed E-state index contributed by atoms with van der Waals surface area (Å²) in [5.74, 6) is 0.912. The largest absolute Gasteiger partial charge is 0.496 e. The zero-order valence-corrected chi connectivity index (χ0v) is 11.6. The minimum Gasteiger partial charge on any atom is -0.496 e. The molecule has 1 fully saturated rings. The third-order valence-corrected chi connectivity index (χ3v) is 3.39. The van der Waals surface area contributed by atoms with E-state index in [-0.39, 0.29) is 12.0 Å². The Bertz CT molecular complexity index is 439. The van der Waals surface area contributed by atoms with Gasteiger partial charge in [0, 0.05) is 13.2 Å². The summed E-state index contributed by atoms with van der Waals surface area (Å²) < 4.78 is 10.6. The number of hydrogen-bond acceptors (Lipinski definition) is 3. The van der Waals surface area contributed by atoms with Gasteiger partial charge >= 0.3 is 0 Å². The number of benzene rings is 1. The summed E-state index contributed by atoms with van der Waals surface area (Å²) in [6.45, 7) is 3.37. The van der Waals surface area contributed by atoms with Crippen LogP contribution in [0.2, 0.25) is 0 Å². The first kappa shape index (κ1) is 13.9. The second-order valence-corrected chi connectivity index (χ2v) is 4.85. The third-order valence-electron chi connectivity index (χ3n) is 3.39. The Hall–Kier alpha value is -1.55. The predicted molar refractivity (Wildman–Crippen MR) is 73.4 cm³/mol. The molecule has 4 nitrogen and oxygen atoms in total. The smallest absolute Gasteiger partial charge is 0.249 e. The van der Waals surface area contributed by atoms with Crippen LogP contribution in [0.4, 0.5) is 0 Å². The number of hydrogen-bond donors (Lipinski definition) is 1. The number of rotatable bonds is 5. The molecule has 1 saturated heterocycles. The Balaban J connectivity index is 1.79. The van der Waals surface area contributed by atoms with E-state index in [0.717, 1.165) is 30.6 Å². The summed E-state index contributed by atoms with van der Waals surface area (Å²) in [7, 11) is 1.67. The molecule has 2 rings (SSSR count). The molecule has 19 heavy (non-hydrogen) atoms. The highest BCUT2D eigenvalue weighted by atomic mass is 16.5. The molecule has 0 aliphatic carbocycles. The highest BCUT2D eigenvalue weighted by Gasteiger charge is 2.22. The molecule has 4 heteroatoms. The lowest BCUT2D eigenvalue weighted by Gasteiger charge is -2.11. The molecule has 1 unspecified atom stereocenters. The van der Waals surface area contributed by atoms with Crippen molar-refractivity contribution in [3.63, 3.8) is 0 Å². The van der Waals surface area contributed by atoms with Crippen LogP contribution in [-0.4, -0.2) is 32.3 Å². The Labute approximate surface area is 114 Å². The van der Waals surface area contributed by atoms with Crippen molar-refractivity contribution in [3.05, 3.63) is 29.3 Å². The molecule has 1 N–H and O–H groups in total. The average molecular weight is 263 g/mol. The van der Waals surface area contributed by atoms with Gasteiger partial charge in [-0.3, -0.25) is 4.79 Å². The second kappa shape index (κ2) is 6.57. The van der Waals surface area contributed by atoms with Crippen molar-refractivity contribution in [2.24, 2.45) is 0 Å². The first-order valence-electron chi connectivity index (χ1n) is 6.73. The molecule has 0 bridgehead atoms. The van der Waals surface area contributed by atoms with E-state index >= 15 is 0 Å². The van der Waals surface area contributed by atoms with Gasteiger partial charge in [0.15, 0.2) is 0 Å². The van der Waals surface area contributed by atoms with Crippen molar-refractivity contribution in [1.29, 1.82) is 0 Å². The molecule has 1 amide bonds. The fraction of sp³-hybridized carbons (Fsp3) is 0.533. The number of aryl methyl sites for hydroxylation is 1. The van der Waals surface area contributed by atoms with Crippen molar-refractivity contribution in [1.82, 2.24) is 5.32 Å². The van der Waals surface area contributed by atoms with Gasteiger partial charge in [-0.25, -0.2) is 0 Å². The summed E-state index contributed by atoms with van der Waals surface area (Å²) in [6.07, 6.45) is 2.41. The van der Waals surface area contributed by atoms with Crippen LogP contribution in [0.25, 0.3) is 0 Å². The average Bonchev–Trinajstić information content (AvgIpc) is 2.93. The Morgan fingerprint density at radius 1 is 1.53 bits per heavy atom. The molecular weight excluding hydrogens is 242 g/mol. The van der Waals surface area contributed by atoms with Crippen LogP contribution in [0.1, 0.15) is 24.0 Å². The van der Waals surface area contributed by atoms with E-state index in [1.54, 1.807) is 7.11 Å². The Morgan fingerprint density at radius 2 is 2.37 bits per heavy atom. The van der Waals surface area contributed by atoms with Crippen molar-refractivity contribution in [2.45, 2.75) is 32.3 Å². The maximum Gasteiger partial charge on any atom is 0.249 e. The van der Waals surface area contributed by atoms with Gasteiger partial charge in [-0.2, -0.15) is 0 Å². The summed E-state index contributed by atoms with van der Waals surface area (Å²) >= 11 is 0. The van der Waals surface area contributed by atoms with Crippen LogP contribution in [0.5, 0.6) is 5.75 Å². The second-order valence-electron chi connectivity index (χ2n) is 4.85. The number of nitrogens with one attached hydrogen (secondary N) is 1. The first-order chi connectivity index (χ1) is 9.20. The lowest BCUT2D eigenvalue weighted by atomic mass is 10.1. The standard InChI is InChI=1S/C15H21NO3/c1-11-10-12(5-6-13(11)18-2)7-8-16-15(17)14-4-3-9-19-14/h5-6,10,14H,3-4,7-9H2,1-2H3,(H,16,17). The monoisotopic (exact) mass is 263 g/mol. The van der Waals surface area contributed by atoms with Gasteiger partial charge in [-0.05, 0) is 43.4 Å². The maximum absolute atomic E-state index is 11.7. The van der Waals surface area contributed by atoms with Gasteiger partial charge < -0.3 is 14.8 Å². The molecule has 104 valence electrons. The molecule has 1 aromatic carbocycles. The number of carbonyl (C=O) groups is 1. The molecule has 1 atom stereocenters. The van der Waals surface area contributed by atoms with Crippen molar-refractivity contribution in [2.75, 3.05) is 20.3 Å². The fourth-order valence-electron chi connectivity index (χ4n) is 2.32. The number of methoxy groups -OCH3 is 1. The third kappa shape index (κ3) is 3.70. The van der Waals surface area contributed by atoms with Crippen molar-refractivity contribution >= 4 is 5.91 Å². The minimum absolute atomic E-state index is 0.0164. The summed E-state index contributed by atoms with van der Waals surface area (Å²) in [4.78, 5) is 11.7. The zero-order chi connectivity index (χ0) is 13.7. The normalized spacial score (nSPS) is 18.3. The Kier molecular flexibility index (Phi) is 4.80. The first-order valence-corrected chi connectivity index (χ1v) is 6.73. The lowest BCUT2D eigenvalue weighted by molar-refractivity contribution is -0.129. The maximum atomic E-state index is 11.7. The van der Waals surface area contributed by atoms with Crippen LogP contribution in [0, 0.1) is 6.92 Å². The van der Waals surface area contributed by atoms with E-state index in [1.807, 2.05) is 19.1 Å². The van der Waals surface area contributed by atoms with Crippen LogP contribution in [0.3, 0.4) is 0 Å². The lowest BCUT2D eigenvalue weighted by Crippen LogP contribution is -2.35.